The molecule has 0 saturated heterocycles. The van der Waals surface area contributed by atoms with E-state index in [0.717, 1.165) is 24.8 Å². The van der Waals surface area contributed by atoms with Gasteiger partial charge in [0.1, 0.15) is 10.6 Å². The summed E-state index contributed by atoms with van der Waals surface area (Å²) in [7, 11) is -3.72. The molecule has 1 unspecified atom stereocenters. The Kier molecular flexibility index (Phi) is 4.95. The summed E-state index contributed by atoms with van der Waals surface area (Å²) in [5, 5.41) is 0.491. The number of halogens is 2. The Morgan fingerprint density at radius 2 is 1.76 bits per heavy atom. The van der Waals surface area contributed by atoms with Crippen LogP contribution in [0.1, 0.15) is 44.2 Å². The van der Waals surface area contributed by atoms with Crippen molar-refractivity contribution in [1.29, 1.82) is 0 Å². The van der Waals surface area contributed by atoms with Gasteiger partial charge in [0.2, 0.25) is 0 Å². The van der Waals surface area contributed by atoms with Crippen LogP contribution < -0.4 is 0 Å². The molecule has 2 nitrogen and oxygen atoms in total. The summed E-state index contributed by atoms with van der Waals surface area (Å²) in [4.78, 5) is 0.239. The molecule has 3 rings (SSSR count). The summed E-state index contributed by atoms with van der Waals surface area (Å²) in [6.07, 6.45) is 2.97. The zero-order valence-corrected chi connectivity index (χ0v) is 16.0. The average molecular weight is 381 g/mol. The highest BCUT2D eigenvalue weighted by molar-refractivity contribution is 7.92. The summed E-state index contributed by atoms with van der Waals surface area (Å²) in [5.74, 6) is -0.580. The van der Waals surface area contributed by atoms with Crippen LogP contribution in [0.15, 0.2) is 47.4 Å². The number of aryl methyl sites for hydroxylation is 1. The van der Waals surface area contributed by atoms with Gasteiger partial charge in [0, 0.05) is 5.02 Å². The van der Waals surface area contributed by atoms with Gasteiger partial charge in [-0.3, -0.25) is 0 Å². The zero-order valence-electron chi connectivity index (χ0n) is 14.4. The summed E-state index contributed by atoms with van der Waals surface area (Å²) < 4.78 is 40.4. The van der Waals surface area contributed by atoms with Gasteiger partial charge >= 0.3 is 0 Å². The Balaban J connectivity index is 2.31. The van der Waals surface area contributed by atoms with Gasteiger partial charge in [-0.25, -0.2) is 12.8 Å². The van der Waals surface area contributed by atoms with Gasteiger partial charge < -0.3 is 0 Å². The highest BCUT2D eigenvalue weighted by Crippen LogP contribution is 2.49. The van der Waals surface area contributed by atoms with Crippen LogP contribution in [-0.4, -0.2) is 8.42 Å². The van der Waals surface area contributed by atoms with Gasteiger partial charge in [-0.05, 0) is 72.7 Å². The highest BCUT2D eigenvalue weighted by Gasteiger charge is 2.50. The van der Waals surface area contributed by atoms with E-state index in [0.29, 0.717) is 17.0 Å². The molecule has 0 aliphatic heterocycles. The van der Waals surface area contributed by atoms with Gasteiger partial charge in [0.05, 0.1) is 4.90 Å². The summed E-state index contributed by atoms with van der Waals surface area (Å²) in [5.41, 5.74) is 1.56. The third kappa shape index (κ3) is 3.00. The minimum absolute atomic E-state index is 0.188. The summed E-state index contributed by atoms with van der Waals surface area (Å²) in [6.45, 7) is 3.82. The van der Waals surface area contributed by atoms with E-state index in [4.69, 9.17) is 11.6 Å². The maximum atomic E-state index is 14.1. The first kappa shape index (κ1) is 18.4. The van der Waals surface area contributed by atoms with Crippen LogP contribution in [0.5, 0.6) is 0 Å². The molecule has 0 aromatic heterocycles. The largest absolute Gasteiger partial charge is 0.223 e. The SMILES string of the molecule is CC(C)C1(S(=O)(=O)c2ccc(Cl)cc2)CCCCc2ccc(F)cc21. The fraction of sp³-hybridized carbons (Fsp3) is 0.400. The van der Waals surface area contributed by atoms with E-state index >= 15 is 0 Å². The predicted octanol–water partition coefficient (Wildman–Crippen LogP) is 5.53. The van der Waals surface area contributed by atoms with Crippen molar-refractivity contribution < 1.29 is 12.8 Å². The van der Waals surface area contributed by atoms with Crippen molar-refractivity contribution in [2.45, 2.75) is 49.2 Å². The van der Waals surface area contributed by atoms with E-state index in [1.54, 1.807) is 30.3 Å². The molecule has 0 amide bonds. The van der Waals surface area contributed by atoms with Crippen LogP contribution in [0, 0.1) is 11.7 Å². The Morgan fingerprint density at radius 1 is 1.08 bits per heavy atom. The van der Waals surface area contributed by atoms with E-state index in [9.17, 15) is 12.8 Å². The lowest BCUT2D eigenvalue weighted by Gasteiger charge is -2.38. The highest BCUT2D eigenvalue weighted by atomic mass is 35.5. The van der Waals surface area contributed by atoms with Crippen molar-refractivity contribution in [3.8, 4) is 0 Å². The molecule has 134 valence electrons. The first-order valence-electron chi connectivity index (χ1n) is 8.58. The summed E-state index contributed by atoms with van der Waals surface area (Å²) in [6, 6.07) is 10.9. The Bertz CT molecular complexity index is 875. The molecule has 0 radical (unpaired) electrons. The van der Waals surface area contributed by atoms with Crippen LogP contribution in [-0.2, 0) is 21.0 Å². The standard InChI is InChI=1S/C20H22ClFO2S/c1-14(2)20(25(23,24)18-10-7-16(21)8-11-18)12-4-3-5-15-6-9-17(22)13-19(15)20/h6-11,13-14H,3-5,12H2,1-2H3. The summed E-state index contributed by atoms with van der Waals surface area (Å²) >= 11 is 5.93. The van der Waals surface area contributed by atoms with Gasteiger partial charge in [-0.1, -0.05) is 37.9 Å². The molecular formula is C20H22ClFO2S. The van der Waals surface area contributed by atoms with Crippen LogP contribution in [0.2, 0.25) is 5.02 Å². The fourth-order valence-electron chi connectivity index (χ4n) is 4.01. The number of fused-ring (bicyclic) bond motifs is 1. The lowest BCUT2D eigenvalue weighted by atomic mass is 9.83. The maximum absolute atomic E-state index is 14.1. The number of hydrogen-bond acceptors (Lipinski definition) is 2. The molecule has 0 N–H and O–H groups in total. The monoisotopic (exact) mass is 380 g/mol. The molecule has 0 bridgehead atoms. The number of sulfone groups is 1. The fourth-order valence-corrected chi connectivity index (χ4v) is 6.57. The number of benzene rings is 2. The molecular weight excluding hydrogens is 359 g/mol. The third-order valence-corrected chi connectivity index (χ3v) is 8.31. The Labute approximate surface area is 153 Å². The second kappa shape index (κ2) is 6.73. The van der Waals surface area contributed by atoms with E-state index in [2.05, 4.69) is 0 Å². The number of hydrogen-bond donors (Lipinski definition) is 0. The topological polar surface area (TPSA) is 34.1 Å². The van der Waals surface area contributed by atoms with Crippen molar-refractivity contribution in [2.24, 2.45) is 5.92 Å². The molecule has 0 saturated carbocycles. The second-order valence-corrected chi connectivity index (χ2v) is 9.65. The molecule has 25 heavy (non-hydrogen) atoms. The van der Waals surface area contributed by atoms with Crippen molar-refractivity contribution in [3.63, 3.8) is 0 Å². The van der Waals surface area contributed by atoms with Crippen LogP contribution in [0.3, 0.4) is 0 Å². The molecule has 1 aliphatic rings. The first-order chi connectivity index (χ1) is 11.8. The Morgan fingerprint density at radius 3 is 2.40 bits per heavy atom. The average Bonchev–Trinajstić information content (AvgIpc) is 2.75. The normalized spacial score (nSPS) is 21.0. The van der Waals surface area contributed by atoms with E-state index < -0.39 is 20.4 Å². The second-order valence-electron chi connectivity index (χ2n) is 7.01. The molecule has 0 spiro atoms. The Hall–Kier alpha value is -1.39. The molecule has 5 heteroatoms. The first-order valence-corrected chi connectivity index (χ1v) is 10.4. The number of rotatable bonds is 3. The van der Waals surface area contributed by atoms with E-state index in [1.165, 1.54) is 12.1 Å². The smallest absolute Gasteiger partial charge is 0.188 e. The van der Waals surface area contributed by atoms with Crippen molar-refractivity contribution >= 4 is 21.4 Å². The van der Waals surface area contributed by atoms with Gasteiger partial charge in [-0.15, -0.1) is 0 Å². The molecule has 1 aliphatic carbocycles. The molecule has 2 aromatic carbocycles. The maximum Gasteiger partial charge on any atom is 0.188 e. The quantitative estimate of drug-likeness (QED) is 0.656. The van der Waals surface area contributed by atoms with Crippen LogP contribution >= 0.6 is 11.6 Å². The van der Waals surface area contributed by atoms with Crippen LogP contribution in [0.25, 0.3) is 0 Å². The predicted molar refractivity (Wildman–Crippen MR) is 99.1 cm³/mol. The van der Waals surface area contributed by atoms with Gasteiger partial charge in [0.15, 0.2) is 9.84 Å². The van der Waals surface area contributed by atoms with Crippen molar-refractivity contribution in [3.05, 3.63) is 64.4 Å². The molecule has 1 atom stereocenters. The minimum atomic E-state index is -3.72. The lowest BCUT2D eigenvalue weighted by molar-refractivity contribution is 0.380. The van der Waals surface area contributed by atoms with Crippen molar-refractivity contribution in [2.75, 3.05) is 0 Å². The molecule has 2 aromatic rings. The molecule has 0 fully saturated rings. The van der Waals surface area contributed by atoms with E-state index in [-0.39, 0.29) is 10.8 Å². The minimum Gasteiger partial charge on any atom is -0.223 e. The van der Waals surface area contributed by atoms with Crippen molar-refractivity contribution in [1.82, 2.24) is 0 Å². The van der Waals surface area contributed by atoms with E-state index in [1.807, 2.05) is 13.8 Å². The third-order valence-electron chi connectivity index (χ3n) is 5.31. The van der Waals surface area contributed by atoms with Crippen LogP contribution in [0.4, 0.5) is 4.39 Å². The molecule has 0 heterocycles. The van der Waals surface area contributed by atoms with Gasteiger partial charge in [-0.2, -0.15) is 0 Å². The lowest BCUT2D eigenvalue weighted by Crippen LogP contribution is -2.41. The zero-order chi connectivity index (χ0) is 18.2. The van der Waals surface area contributed by atoms with Gasteiger partial charge in [0.25, 0.3) is 0 Å².